The second kappa shape index (κ2) is 9.39. The summed E-state index contributed by atoms with van der Waals surface area (Å²) >= 11 is 0. The van der Waals surface area contributed by atoms with E-state index in [0.717, 1.165) is 31.5 Å². The molecule has 8 heteroatoms. The first-order chi connectivity index (χ1) is 11.7. The van der Waals surface area contributed by atoms with Gasteiger partial charge >= 0.3 is 6.01 Å². The van der Waals surface area contributed by atoms with Gasteiger partial charge in [0.05, 0.1) is 6.04 Å². The molecule has 0 unspecified atom stereocenters. The maximum absolute atomic E-state index is 11.5. The molecule has 3 rings (SSSR count). The standard InChI is InChI=1S/C17H23N5O2.ClH/c18-14(12-13-6-2-1-3-7-13)16-20-21-17(24-16)19-9-5-11-22-10-4-8-15(22)23;/h1-3,6-7,14H,4-5,8-12,18H2,(H,19,21);1H/t14-;/m1./s1. The Morgan fingerprint density at radius 3 is 2.80 bits per heavy atom. The topological polar surface area (TPSA) is 97.3 Å². The molecule has 0 saturated carbocycles. The quantitative estimate of drug-likeness (QED) is 0.696. The Bertz CT molecular complexity index is 664. The van der Waals surface area contributed by atoms with Gasteiger partial charge in [-0.15, -0.1) is 17.5 Å². The molecule has 136 valence electrons. The smallest absolute Gasteiger partial charge is 0.315 e. The highest BCUT2D eigenvalue weighted by Crippen LogP contribution is 2.17. The van der Waals surface area contributed by atoms with Crippen molar-refractivity contribution in [1.29, 1.82) is 0 Å². The predicted octanol–water partition coefficient (Wildman–Crippen LogP) is 2.16. The predicted molar refractivity (Wildman–Crippen MR) is 97.5 cm³/mol. The molecule has 7 nitrogen and oxygen atoms in total. The van der Waals surface area contributed by atoms with Crippen LogP contribution in [0, 0.1) is 0 Å². The lowest BCUT2D eigenvalue weighted by atomic mass is 10.1. The van der Waals surface area contributed by atoms with Gasteiger partial charge in [0.2, 0.25) is 11.8 Å². The molecule has 1 amide bonds. The molecule has 0 spiro atoms. The van der Waals surface area contributed by atoms with E-state index in [4.69, 9.17) is 10.2 Å². The molecule has 3 N–H and O–H groups in total. The summed E-state index contributed by atoms with van der Waals surface area (Å²) in [5, 5.41) is 11.1. The van der Waals surface area contributed by atoms with Crippen LogP contribution >= 0.6 is 12.4 Å². The summed E-state index contributed by atoms with van der Waals surface area (Å²) in [5.74, 6) is 0.679. The van der Waals surface area contributed by atoms with Crippen molar-refractivity contribution in [3.8, 4) is 0 Å². The zero-order chi connectivity index (χ0) is 16.8. The summed E-state index contributed by atoms with van der Waals surface area (Å²) < 4.78 is 5.57. The lowest BCUT2D eigenvalue weighted by Crippen LogP contribution is -2.26. The van der Waals surface area contributed by atoms with Gasteiger partial charge in [-0.25, -0.2) is 0 Å². The average Bonchev–Trinajstić information content (AvgIpc) is 3.22. The molecule has 1 aromatic carbocycles. The second-order valence-corrected chi connectivity index (χ2v) is 6.01. The van der Waals surface area contributed by atoms with E-state index in [1.807, 2.05) is 35.2 Å². The van der Waals surface area contributed by atoms with E-state index in [2.05, 4.69) is 15.5 Å². The van der Waals surface area contributed by atoms with Gasteiger partial charge in [0.15, 0.2) is 0 Å². The lowest BCUT2D eigenvalue weighted by Gasteiger charge is -2.14. The molecule has 2 heterocycles. The highest BCUT2D eigenvalue weighted by Gasteiger charge is 2.19. The van der Waals surface area contributed by atoms with E-state index < -0.39 is 0 Å². The fourth-order valence-corrected chi connectivity index (χ4v) is 2.82. The number of hydrogen-bond donors (Lipinski definition) is 2. The number of aromatic nitrogens is 2. The minimum atomic E-state index is -0.322. The first-order valence-corrected chi connectivity index (χ1v) is 8.37. The molecular formula is C17H24ClN5O2. The number of anilines is 1. The van der Waals surface area contributed by atoms with Crippen molar-refractivity contribution in [3.63, 3.8) is 0 Å². The first-order valence-electron chi connectivity index (χ1n) is 8.37. The maximum Gasteiger partial charge on any atom is 0.315 e. The summed E-state index contributed by atoms with van der Waals surface area (Å²) in [4.78, 5) is 13.4. The summed E-state index contributed by atoms with van der Waals surface area (Å²) in [6, 6.07) is 10.0. The van der Waals surface area contributed by atoms with Crippen molar-refractivity contribution in [2.45, 2.75) is 31.7 Å². The lowest BCUT2D eigenvalue weighted by molar-refractivity contribution is -0.127. The van der Waals surface area contributed by atoms with E-state index in [1.54, 1.807) is 0 Å². The van der Waals surface area contributed by atoms with Crippen LogP contribution in [0.2, 0.25) is 0 Å². The van der Waals surface area contributed by atoms with Gasteiger partial charge in [-0.05, 0) is 24.8 Å². The normalized spacial score (nSPS) is 15.1. The maximum atomic E-state index is 11.5. The number of carbonyl (C=O) groups excluding carboxylic acids is 1. The van der Waals surface area contributed by atoms with E-state index >= 15 is 0 Å². The van der Waals surface area contributed by atoms with Crippen LogP contribution in [0.4, 0.5) is 6.01 Å². The molecule has 25 heavy (non-hydrogen) atoms. The van der Waals surface area contributed by atoms with Crippen molar-refractivity contribution < 1.29 is 9.21 Å². The number of nitrogens with two attached hydrogens (primary N) is 1. The van der Waals surface area contributed by atoms with Crippen LogP contribution in [0.25, 0.3) is 0 Å². The van der Waals surface area contributed by atoms with Crippen molar-refractivity contribution in [3.05, 3.63) is 41.8 Å². The van der Waals surface area contributed by atoms with Crippen LogP contribution < -0.4 is 11.1 Å². The molecule has 0 aliphatic carbocycles. The number of nitrogens with zero attached hydrogens (tertiary/aromatic N) is 3. The van der Waals surface area contributed by atoms with Gasteiger partial charge in [0, 0.05) is 26.1 Å². The Hall–Kier alpha value is -2.12. The minimum Gasteiger partial charge on any atom is -0.406 e. The van der Waals surface area contributed by atoms with Crippen LogP contribution in [-0.4, -0.2) is 40.6 Å². The van der Waals surface area contributed by atoms with Gasteiger partial charge in [0.1, 0.15) is 0 Å². The number of likely N-dealkylation sites (tertiary alicyclic amines) is 1. The third kappa shape index (κ3) is 5.44. The molecule has 1 fully saturated rings. The van der Waals surface area contributed by atoms with Crippen molar-refractivity contribution in [2.75, 3.05) is 25.0 Å². The van der Waals surface area contributed by atoms with Gasteiger partial charge in [-0.3, -0.25) is 4.79 Å². The second-order valence-electron chi connectivity index (χ2n) is 6.01. The number of halogens is 1. The summed E-state index contributed by atoms with van der Waals surface area (Å²) in [6.45, 7) is 2.32. The van der Waals surface area contributed by atoms with E-state index in [9.17, 15) is 4.79 Å². The molecule has 1 atom stereocenters. The number of carbonyl (C=O) groups is 1. The highest BCUT2D eigenvalue weighted by molar-refractivity contribution is 5.85. The highest BCUT2D eigenvalue weighted by atomic mass is 35.5. The number of benzene rings is 1. The number of rotatable bonds is 8. The van der Waals surface area contributed by atoms with E-state index in [-0.39, 0.29) is 24.4 Å². The largest absolute Gasteiger partial charge is 0.406 e. The summed E-state index contributed by atoms with van der Waals surface area (Å²) in [7, 11) is 0. The molecule has 1 aliphatic heterocycles. The number of amides is 1. The van der Waals surface area contributed by atoms with Crippen molar-refractivity contribution in [2.24, 2.45) is 5.73 Å². The molecule has 1 aliphatic rings. The number of hydrogen-bond acceptors (Lipinski definition) is 6. The zero-order valence-electron chi connectivity index (χ0n) is 14.1. The molecule has 2 aromatic rings. The van der Waals surface area contributed by atoms with E-state index in [1.165, 1.54) is 0 Å². The van der Waals surface area contributed by atoms with Crippen LogP contribution in [0.1, 0.15) is 36.8 Å². The fourth-order valence-electron chi connectivity index (χ4n) is 2.82. The van der Waals surface area contributed by atoms with Crippen molar-refractivity contribution >= 4 is 24.3 Å². The van der Waals surface area contributed by atoms with Gasteiger partial charge < -0.3 is 20.4 Å². The Kier molecular flexibility index (Phi) is 7.21. The molecular weight excluding hydrogens is 342 g/mol. The van der Waals surface area contributed by atoms with Crippen LogP contribution in [0.5, 0.6) is 0 Å². The third-order valence-corrected chi connectivity index (χ3v) is 4.11. The minimum absolute atomic E-state index is 0. The molecule has 1 saturated heterocycles. The third-order valence-electron chi connectivity index (χ3n) is 4.11. The monoisotopic (exact) mass is 365 g/mol. The summed E-state index contributed by atoms with van der Waals surface area (Å²) in [5.41, 5.74) is 7.26. The van der Waals surface area contributed by atoms with Gasteiger partial charge in [-0.1, -0.05) is 35.4 Å². The first kappa shape index (κ1) is 19.2. The van der Waals surface area contributed by atoms with Crippen LogP contribution in [0.15, 0.2) is 34.7 Å². The molecule has 1 aromatic heterocycles. The fraction of sp³-hybridized carbons (Fsp3) is 0.471. The summed E-state index contributed by atoms with van der Waals surface area (Å²) in [6.07, 6.45) is 3.15. The van der Waals surface area contributed by atoms with Crippen LogP contribution in [0.3, 0.4) is 0 Å². The SMILES string of the molecule is Cl.N[C@H](Cc1ccccc1)c1nnc(NCCCN2CCCC2=O)o1. The van der Waals surface area contributed by atoms with Crippen molar-refractivity contribution in [1.82, 2.24) is 15.1 Å². The van der Waals surface area contributed by atoms with Gasteiger partial charge in [0.25, 0.3) is 0 Å². The average molecular weight is 366 g/mol. The van der Waals surface area contributed by atoms with E-state index in [0.29, 0.717) is 31.3 Å². The Morgan fingerprint density at radius 2 is 2.08 bits per heavy atom. The molecule has 0 bridgehead atoms. The zero-order valence-corrected chi connectivity index (χ0v) is 14.9. The Morgan fingerprint density at radius 1 is 1.28 bits per heavy atom. The van der Waals surface area contributed by atoms with Crippen LogP contribution in [-0.2, 0) is 11.2 Å². The number of nitrogens with one attached hydrogen (secondary N) is 1. The molecule has 0 radical (unpaired) electrons. The Balaban J connectivity index is 0.00000225. The Labute approximate surface area is 153 Å². The van der Waals surface area contributed by atoms with Gasteiger partial charge in [-0.2, -0.15) is 0 Å².